The van der Waals surface area contributed by atoms with Gasteiger partial charge in [0, 0.05) is 39.6 Å². The zero-order valence-electron chi connectivity index (χ0n) is 13.7. The zero-order chi connectivity index (χ0) is 15.9. The summed E-state index contributed by atoms with van der Waals surface area (Å²) in [7, 11) is 5.83. The summed E-state index contributed by atoms with van der Waals surface area (Å²) in [5.41, 5.74) is 3.02. The molecule has 0 atom stereocenters. The van der Waals surface area contributed by atoms with Crippen LogP contribution in [-0.2, 0) is 20.1 Å². The number of halogens is 1. The number of nitrogens with one attached hydrogen (secondary N) is 1. The molecule has 5 nitrogen and oxygen atoms in total. The minimum atomic E-state index is 0. The van der Waals surface area contributed by atoms with Gasteiger partial charge in [-0.05, 0) is 29.8 Å². The van der Waals surface area contributed by atoms with Gasteiger partial charge in [-0.3, -0.25) is 4.99 Å². The Morgan fingerprint density at radius 1 is 1.30 bits per heavy atom. The van der Waals surface area contributed by atoms with Crippen LogP contribution in [0.3, 0.4) is 0 Å². The lowest BCUT2D eigenvalue weighted by atomic mass is 10.1. The zero-order valence-corrected chi connectivity index (χ0v) is 16.0. The number of hydrogen-bond donors (Lipinski definition) is 1. The van der Waals surface area contributed by atoms with Gasteiger partial charge in [0.2, 0.25) is 0 Å². The van der Waals surface area contributed by atoms with E-state index in [9.17, 15) is 0 Å². The van der Waals surface area contributed by atoms with Crippen LogP contribution in [0.15, 0.2) is 47.6 Å². The van der Waals surface area contributed by atoms with E-state index in [1.807, 2.05) is 50.6 Å². The lowest BCUT2D eigenvalue weighted by molar-refractivity contribution is 0.461. The van der Waals surface area contributed by atoms with E-state index in [2.05, 4.69) is 31.9 Å². The lowest BCUT2D eigenvalue weighted by Crippen LogP contribution is -2.38. The number of hydrogen-bond acceptors (Lipinski definition) is 2. The Labute approximate surface area is 154 Å². The molecular formula is C17H22IN5. The van der Waals surface area contributed by atoms with Crippen molar-refractivity contribution in [3.05, 3.63) is 59.4 Å². The second kappa shape index (κ2) is 9.20. The standard InChI is InChI=1S/C17H21N5.HI/c1-19-17(22(3)13-16-5-4-10-21(16)2)20-12-15-8-6-14(11-18)7-9-15;/h4-10H,12-13H2,1-3H3,(H,19,20);1H. The number of nitrogens with zero attached hydrogens (tertiary/aromatic N) is 4. The molecule has 0 fully saturated rings. The van der Waals surface area contributed by atoms with Crippen LogP contribution in [0.5, 0.6) is 0 Å². The number of aromatic nitrogens is 1. The van der Waals surface area contributed by atoms with E-state index >= 15 is 0 Å². The second-order valence-electron chi connectivity index (χ2n) is 5.18. The Morgan fingerprint density at radius 2 is 2.00 bits per heavy atom. The van der Waals surface area contributed by atoms with Gasteiger partial charge in [0.05, 0.1) is 18.2 Å². The van der Waals surface area contributed by atoms with E-state index in [0.29, 0.717) is 12.1 Å². The maximum Gasteiger partial charge on any atom is 0.194 e. The average molecular weight is 423 g/mol. The topological polar surface area (TPSA) is 56.4 Å². The second-order valence-corrected chi connectivity index (χ2v) is 5.18. The molecule has 2 aromatic rings. The van der Waals surface area contributed by atoms with Crippen molar-refractivity contribution in [3.63, 3.8) is 0 Å². The Morgan fingerprint density at radius 3 is 2.52 bits per heavy atom. The Hall–Kier alpha value is -2.01. The highest BCUT2D eigenvalue weighted by Crippen LogP contribution is 2.05. The monoisotopic (exact) mass is 423 g/mol. The van der Waals surface area contributed by atoms with Crippen LogP contribution >= 0.6 is 24.0 Å². The summed E-state index contributed by atoms with van der Waals surface area (Å²) in [6.07, 6.45) is 2.04. The van der Waals surface area contributed by atoms with Gasteiger partial charge in [0.1, 0.15) is 0 Å². The van der Waals surface area contributed by atoms with Crippen molar-refractivity contribution in [2.75, 3.05) is 14.1 Å². The number of rotatable bonds is 4. The molecule has 2 rings (SSSR count). The molecule has 1 aromatic heterocycles. The highest BCUT2D eigenvalue weighted by Gasteiger charge is 2.08. The van der Waals surface area contributed by atoms with Gasteiger partial charge >= 0.3 is 0 Å². The molecule has 0 saturated heterocycles. The number of aliphatic imine (C=N–C) groups is 1. The van der Waals surface area contributed by atoms with Crippen LogP contribution in [0.1, 0.15) is 16.8 Å². The van der Waals surface area contributed by atoms with E-state index in [1.165, 1.54) is 5.69 Å². The van der Waals surface area contributed by atoms with Gasteiger partial charge in [0.15, 0.2) is 5.96 Å². The maximum absolute atomic E-state index is 8.81. The van der Waals surface area contributed by atoms with Crippen LogP contribution in [-0.4, -0.2) is 29.5 Å². The molecule has 1 heterocycles. The van der Waals surface area contributed by atoms with Gasteiger partial charge in [-0.25, -0.2) is 0 Å². The SMILES string of the molecule is CN=C(NCc1ccc(C#N)cc1)N(C)Cc1cccn1C.I. The summed E-state index contributed by atoms with van der Waals surface area (Å²) in [5, 5.41) is 12.1. The van der Waals surface area contributed by atoms with Crippen LogP contribution in [0.2, 0.25) is 0 Å². The average Bonchev–Trinajstić information content (AvgIpc) is 2.93. The van der Waals surface area contributed by atoms with E-state index < -0.39 is 0 Å². The molecule has 6 heteroatoms. The molecule has 0 aliphatic carbocycles. The van der Waals surface area contributed by atoms with Crippen molar-refractivity contribution in [2.45, 2.75) is 13.1 Å². The Balaban J connectivity index is 0.00000264. The summed E-state index contributed by atoms with van der Waals surface area (Å²) in [5.74, 6) is 0.838. The first-order chi connectivity index (χ1) is 10.6. The van der Waals surface area contributed by atoms with Crippen molar-refractivity contribution >= 4 is 29.9 Å². The van der Waals surface area contributed by atoms with Crippen LogP contribution in [0, 0.1) is 11.3 Å². The molecule has 1 N–H and O–H groups in total. The molecule has 122 valence electrons. The third-order valence-corrected chi connectivity index (χ3v) is 3.56. The molecule has 0 aliphatic heterocycles. The predicted octanol–water partition coefficient (Wildman–Crippen LogP) is 2.72. The number of nitriles is 1. The number of guanidine groups is 1. The highest BCUT2D eigenvalue weighted by atomic mass is 127. The number of aryl methyl sites for hydroxylation is 1. The molecule has 0 spiro atoms. The largest absolute Gasteiger partial charge is 0.353 e. The molecule has 0 amide bonds. The van der Waals surface area contributed by atoms with Gasteiger partial charge in [-0.2, -0.15) is 5.26 Å². The molecule has 1 aromatic carbocycles. The van der Waals surface area contributed by atoms with Gasteiger partial charge in [-0.15, -0.1) is 24.0 Å². The molecule has 0 unspecified atom stereocenters. The minimum absolute atomic E-state index is 0. The molecule has 0 aliphatic rings. The predicted molar refractivity (Wildman–Crippen MR) is 104 cm³/mol. The summed E-state index contributed by atoms with van der Waals surface area (Å²) in [6, 6.07) is 13.8. The smallest absolute Gasteiger partial charge is 0.194 e. The summed E-state index contributed by atoms with van der Waals surface area (Å²) >= 11 is 0. The fourth-order valence-corrected chi connectivity index (χ4v) is 2.24. The third kappa shape index (κ3) is 5.28. The summed E-state index contributed by atoms with van der Waals surface area (Å²) in [4.78, 5) is 6.40. The van der Waals surface area contributed by atoms with Crippen molar-refractivity contribution < 1.29 is 0 Å². The van der Waals surface area contributed by atoms with E-state index in [0.717, 1.165) is 18.1 Å². The van der Waals surface area contributed by atoms with E-state index in [4.69, 9.17) is 5.26 Å². The Kier molecular flexibility index (Phi) is 7.62. The molecule has 0 radical (unpaired) electrons. The first-order valence-corrected chi connectivity index (χ1v) is 7.15. The summed E-state index contributed by atoms with van der Waals surface area (Å²) < 4.78 is 2.10. The summed E-state index contributed by atoms with van der Waals surface area (Å²) in [6.45, 7) is 1.46. The fourth-order valence-electron chi connectivity index (χ4n) is 2.24. The molecule has 23 heavy (non-hydrogen) atoms. The molecular weight excluding hydrogens is 401 g/mol. The third-order valence-electron chi connectivity index (χ3n) is 3.56. The van der Waals surface area contributed by atoms with E-state index in [-0.39, 0.29) is 24.0 Å². The minimum Gasteiger partial charge on any atom is -0.353 e. The van der Waals surface area contributed by atoms with Crippen LogP contribution in [0.25, 0.3) is 0 Å². The van der Waals surface area contributed by atoms with Crippen molar-refractivity contribution in [1.82, 2.24) is 14.8 Å². The van der Waals surface area contributed by atoms with Crippen LogP contribution in [0.4, 0.5) is 0 Å². The fraction of sp³-hybridized carbons (Fsp3) is 0.294. The number of benzene rings is 1. The van der Waals surface area contributed by atoms with E-state index in [1.54, 1.807) is 7.05 Å². The van der Waals surface area contributed by atoms with Crippen molar-refractivity contribution in [3.8, 4) is 6.07 Å². The van der Waals surface area contributed by atoms with Gasteiger partial charge in [0.25, 0.3) is 0 Å². The van der Waals surface area contributed by atoms with Gasteiger partial charge in [-0.1, -0.05) is 12.1 Å². The normalized spacial score (nSPS) is 10.6. The van der Waals surface area contributed by atoms with Crippen molar-refractivity contribution in [2.24, 2.45) is 12.0 Å². The quantitative estimate of drug-likeness (QED) is 0.468. The van der Waals surface area contributed by atoms with Crippen molar-refractivity contribution in [1.29, 1.82) is 5.26 Å². The van der Waals surface area contributed by atoms with Gasteiger partial charge < -0.3 is 14.8 Å². The lowest BCUT2D eigenvalue weighted by Gasteiger charge is -2.22. The highest BCUT2D eigenvalue weighted by molar-refractivity contribution is 14.0. The Bertz CT molecular complexity index is 682. The molecule has 0 bridgehead atoms. The van der Waals surface area contributed by atoms with Crippen LogP contribution < -0.4 is 5.32 Å². The maximum atomic E-state index is 8.81. The first-order valence-electron chi connectivity index (χ1n) is 7.15. The molecule has 0 saturated carbocycles. The first kappa shape index (κ1) is 19.0.